The number of amides is 1. The molecule has 0 bridgehead atoms. The number of amidine groups is 1. The summed E-state index contributed by atoms with van der Waals surface area (Å²) in [7, 11) is 3.15. The zero-order valence-corrected chi connectivity index (χ0v) is 23.0. The quantitative estimate of drug-likeness (QED) is 0.451. The topological polar surface area (TPSA) is 89.9 Å². The number of carbonyl (C=O) groups is 2. The van der Waals surface area contributed by atoms with Crippen molar-refractivity contribution in [3.63, 3.8) is 0 Å². The highest BCUT2D eigenvalue weighted by atomic mass is 32.2. The van der Waals surface area contributed by atoms with Crippen LogP contribution in [0.1, 0.15) is 30.5 Å². The predicted molar refractivity (Wildman–Crippen MR) is 148 cm³/mol. The minimum absolute atomic E-state index is 0.0111. The standard InChI is InChI=1S/C29H31N3O6S/c1-19-26(28(34)38-17-20-7-5-4-6-8-20)27(21-9-10-23(35-2)24(15-21)36-3)32-22(18-39-29(32)30-19)16-25(33)31-11-13-37-14-12-31/h4-10,15,18,27H,11-14,16-17H2,1-3H3/t27-/m1/s1. The van der Waals surface area contributed by atoms with Crippen molar-refractivity contribution < 1.29 is 28.5 Å². The summed E-state index contributed by atoms with van der Waals surface area (Å²) in [6.45, 7) is 4.14. The van der Waals surface area contributed by atoms with E-state index in [0.717, 1.165) is 16.8 Å². The second-order valence-electron chi connectivity index (χ2n) is 9.24. The highest BCUT2D eigenvalue weighted by molar-refractivity contribution is 8.16. The van der Waals surface area contributed by atoms with Crippen molar-refractivity contribution in [2.24, 2.45) is 4.99 Å². The van der Waals surface area contributed by atoms with Gasteiger partial charge in [0.25, 0.3) is 0 Å². The number of benzene rings is 2. The fourth-order valence-electron chi connectivity index (χ4n) is 4.85. The smallest absolute Gasteiger partial charge is 0.338 e. The Kier molecular flexibility index (Phi) is 8.23. The second-order valence-corrected chi connectivity index (χ2v) is 10.1. The number of rotatable bonds is 8. The van der Waals surface area contributed by atoms with Crippen molar-refractivity contribution in [2.45, 2.75) is 26.0 Å². The minimum Gasteiger partial charge on any atom is -0.493 e. The van der Waals surface area contributed by atoms with E-state index in [1.165, 1.54) is 11.8 Å². The number of methoxy groups -OCH3 is 2. The SMILES string of the molecule is COc1ccc([C@@H]2C(C(=O)OCc3ccccc3)=C(C)N=C3SC=C(CC(=O)N4CCOCC4)N32)cc1OC. The summed E-state index contributed by atoms with van der Waals surface area (Å²) in [5, 5.41) is 2.65. The summed E-state index contributed by atoms with van der Waals surface area (Å²) in [6, 6.07) is 14.5. The molecule has 0 aromatic heterocycles. The van der Waals surface area contributed by atoms with Crippen LogP contribution in [-0.4, -0.2) is 67.4 Å². The molecule has 2 aromatic rings. The lowest BCUT2D eigenvalue weighted by molar-refractivity contribution is -0.141. The molecule has 0 spiro atoms. The van der Waals surface area contributed by atoms with Crippen molar-refractivity contribution in [3.05, 3.63) is 82.0 Å². The number of esters is 1. The van der Waals surface area contributed by atoms with Crippen LogP contribution in [-0.2, 0) is 25.7 Å². The molecule has 1 amide bonds. The summed E-state index contributed by atoms with van der Waals surface area (Å²) >= 11 is 1.44. The van der Waals surface area contributed by atoms with E-state index in [9.17, 15) is 9.59 Å². The molecule has 5 rings (SSSR count). The van der Waals surface area contributed by atoms with Crippen LogP contribution in [0.2, 0.25) is 0 Å². The Morgan fingerprint density at radius 1 is 1.05 bits per heavy atom. The highest BCUT2D eigenvalue weighted by Gasteiger charge is 2.42. The normalized spacial score (nSPS) is 18.8. The fraction of sp³-hybridized carbons (Fsp3) is 0.345. The summed E-state index contributed by atoms with van der Waals surface area (Å²) in [4.78, 5) is 35.4. The van der Waals surface area contributed by atoms with E-state index in [-0.39, 0.29) is 18.9 Å². The van der Waals surface area contributed by atoms with Gasteiger partial charge in [-0.1, -0.05) is 48.2 Å². The monoisotopic (exact) mass is 549 g/mol. The van der Waals surface area contributed by atoms with Crippen molar-refractivity contribution in [1.82, 2.24) is 9.80 Å². The number of ether oxygens (including phenoxy) is 4. The summed E-state index contributed by atoms with van der Waals surface area (Å²) in [6.07, 6.45) is 0.182. The molecule has 3 aliphatic heterocycles. The molecule has 1 atom stereocenters. The second kappa shape index (κ2) is 12.0. The summed E-state index contributed by atoms with van der Waals surface area (Å²) in [5.41, 5.74) is 3.43. The van der Waals surface area contributed by atoms with Crippen LogP contribution in [0.5, 0.6) is 11.5 Å². The first-order chi connectivity index (χ1) is 19.0. The van der Waals surface area contributed by atoms with E-state index < -0.39 is 12.0 Å². The third-order valence-corrected chi connectivity index (χ3v) is 7.74. The van der Waals surface area contributed by atoms with Gasteiger partial charge in [-0.3, -0.25) is 4.79 Å². The average molecular weight is 550 g/mol. The predicted octanol–water partition coefficient (Wildman–Crippen LogP) is 4.27. The molecule has 2 aromatic carbocycles. The molecule has 9 nitrogen and oxygen atoms in total. The van der Waals surface area contributed by atoms with Gasteiger partial charge in [0, 0.05) is 18.8 Å². The maximum atomic E-state index is 13.7. The van der Waals surface area contributed by atoms with E-state index in [0.29, 0.717) is 54.2 Å². The number of allylic oxidation sites excluding steroid dienone is 1. The molecular formula is C29H31N3O6S. The van der Waals surface area contributed by atoms with E-state index in [1.807, 2.05) is 70.7 Å². The summed E-state index contributed by atoms with van der Waals surface area (Å²) in [5.74, 6) is 0.663. The Hall–Kier alpha value is -3.76. The molecule has 0 unspecified atom stereocenters. The Labute approximate surface area is 232 Å². The first-order valence-corrected chi connectivity index (χ1v) is 13.6. The number of morpholine rings is 1. The van der Waals surface area contributed by atoms with E-state index in [1.54, 1.807) is 14.2 Å². The Morgan fingerprint density at radius 2 is 1.79 bits per heavy atom. The molecule has 0 saturated carbocycles. The van der Waals surface area contributed by atoms with Gasteiger partial charge in [-0.2, -0.15) is 0 Å². The third kappa shape index (κ3) is 5.67. The molecule has 0 radical (unpaired) electrons. The number of hydrogen-bond acceptors (Lipinski definition) is 9. The minimum atomic E-state index is -0.570. The first-order valence-electron chi connectivity index (χ1n) is 12.7. The van der Waals surface area contributed by atoms with Crippen LogP contribution >= 0.6 is 11.8 Å². The van der Waals surface area contributed by atoms with Gasteiger partial charge in [0.15, 0.2) is 16.7 Å². The Bertz CT molecular complexity index is 1330. The highest BCUT2D eigenvalue weighted by Crippen LogP contribution is 2.46. The number of fused-ring (bicyclic) bond motifs is 1. The average Bonchev–Trinajstić information content (AvgIpc) is 3.37. The van der Waals surface area contributed by atoms with Crippen LogP contribution in [0, 0.1) is 0 Å². The lowest BCUT2D eigenvalue weighted by Gasteiger charge is -2.37. The number of carbonyl (C=O) groups excluding carboxylic acids is 2. The fourth-order valence-corrected chi connectivity index (χ4v) is 5.81. The van der Waals surface area contributed by atoms with Crippen LogP contribution < -0.4 is 9.47 Å². The van der Waals surface area contributed by atoms with Crippen LogP contribution in [0.25, 0.3) is 0 Å². The van der Waals surface area contributed by atoms with Gasteiger partial charge in [-0.05, 0) is 35.6 Å². The zero-order chi connectivity index (χ0) is 27.4. The maximum Gasteiger partial charge on any atom is 0.338 e. The van der Waals surface area contributed by atoms with Crippen LogP contribution in [0.15, 0.2) is 75.9 Å². The van der Waals surface area contributed by atoms with Gasteiger partial charge in [-0.25, -0.2) is 9.79 Å². The molecule has 0 aliphatic carbocycles. The third-order valence-electron chi connectivity index (χ3n) is 6.85. The van der Waals surface area contributed by atoms with Gasteiger partial charge in [0.05, 0.1) is 51.2 Å². The number of aliphatic imine (C=N–C) groups is 1. The lowest BCUT2D eigenvalue weighted by Crippen LogP contribution is -2.42. The molecular weight excluding hydrogens is 518 g/mol. The van der Waals surface area contributed by atoms with E-state index >= 15 is 0 Å². The number of nitrogens with zero attached hydrogens (tertiary/aromatic N) is 3. The van der Waals surface area contributed by atoms with Gasteiger partial charge in [0.1, 0.15) is 6.61 Å². The molecule has 1 fully saturated rings. The largest absolute Gasteiger partial charge is 0.493 e. The van der Waals surface area contributed by atoms with E-state index in [4.69, 9.17) is 23.9 Å². The molecule has 204 valence electrons. The van der Waals surface area contributed by atoms with Crippen molar-refractivity contribution in [2.75, 3.05) is 40.5 Å². The van der Waals surface area contributed by atoms with Gasteiger partial charge in [-0.15, -0.1) is 0 Å². The molecule has 3 aliphatic rings. The Morgan fingerprint density at radius 3 is 2.51 bits per heavy atom. The van der Waals surface area contributed by atoms with Gasteiger partial charge >= 0.3 is 5.97 Å². The molecule has 39 heavy (non-hydrogen) atoms. The Balaban J connectivity index is 1.49. The van der Waals surface area contributed by atoms with Gasteiger partial charge in [0.2, 0.25) is 5.91 Å². The first kappa shape index (κ1) is 26.8. The molecule has 3 heterocycles. The van der Waals surface area contributed by atoms with Crippen molar-refractivity contribution >= 4 is 28.8 Å². The van der Waals surface area contributed by atoms with Gasteiger partial charge < -0.3 is 28.7 Å². The zero-order valence-electron chi connectivity index (χ0n) is 22.2. The molecule has 10 heteroatoms. The molecule has 1 saturated heterocycles. The van der Waals surface area contributed by atoms with Crippen molar-refractivity contribution in [3.8, 4) is 11.5 Å². The molecule has 0 N–H and O–H groups in total. The summed E-state index contributed by atoms with van der Waals surface area (Å²) < 4.78 is 22.2. The van der Waals surface area contributed by atoms with Crippen molar-refractivity contribution in [1.29, 1.82) is 0 Å². The maximum absolute atomic E-state index is 13.7. The van der Waals surface area contributed by atoms with E-state index in [2.05, 4.69) is 0 Å². The van der Waals surface area contributed by atoms with Crippen LogP contribution in [0.3, 0.4) is 0 Å². The number of hydrogen-bond donors (Lipinski definition) is 0. The number of thioether (sulfide) groups is 1. The lowest BCUT2D eigenvalue weighted by atomic mass is 9.93. The van der Waals surface area contributed by atoms with Crippen LogP contribution in [0.4, 0.5) is 0 Å².